The Kier molecular flexibility index (Phi) is 6.38. The number of anilines is 2. The van der Waals surface area contributed by atoms with Gasteiger partial charge in [0.05, 0.1) is 10.5 Å². The number of carbonyl (C=O) groups excluding carboxylic acids is 1. The lowest BCUT2D eigenvalue weighted by atomic mass is 10.2. The molecule has 3 aromatic carbocycles. The van der Waals surface area contributed by atoms with E-state index in [9.17, 15) is 13.2 Å². The van der Waals surface area contributed by atoms with Gasteiger partial charge < -0.3 is 5.32 Å². The first-order valence-corrected chi connectivity index (χ1v) is 11.2. The number of hydrogen-bond acceptors (Lipinski definition) is 4. The summed E-state index contributed by atoms with van der Waals surface area (Å²) in [5.41, 5.74) is 1.61. The van der Waals surface area contributed by atoms with Crippen molar-refractivity contribution in [2.75, 3.05) is 15.8 Å². The molecule has 0 spiro atoms. The molecule has 3 aromatic rings. The minimum atomic E-state index is -3.69. The highest BCUT2D eigenvalue weighted by Crippen LogP contribution is 2.24. The van der Waals surface area contributed by atoms with Gasteiger partial charge in [-0.25, -0.2) is 8.42 Å². The fraction of sp³-hybridized carbons (Fsp3) is 0.0952. The number of thioether (sulfide) groups is 1. The Labute approximate surface area is 169 Å². The van der Waals surface area contributed by atoms with E-state index in [4.69, 9.17) is 0 Å². The zero-order valence-corrected chi connectivity index (χ0v) is 16.9. The molecule has 0 aliphatic rings. The predicted octanol–water partition coefficient (Wildman–Crippen LogP) is 4.85. The number of carbonyl (C=O) groups is 1. The normalized spacial score (nSPS) is 11.0. The second-order valence-corrected chi connectivity index (χ2v) is 8.87. The smallest absolute Gasteiger partial charge is 0.261 e. The molecule has 0 unspecified atom stereocenters. The van der Waals surface area contributed by atoms with Crippen molar-refractivity contribution in [3.63, 3.8) is 0 Å². The molecule has 0 radical (unpaired) electrons. The van der Waals surface area contributed by atoms with E-state index < -0.39 is 10.0 Å². The van der Waals surface area contributed by atoms with Crippen LogP contribution in [0.1, 0.15) is 17.3 Å². The maximum absolute atomic E-state index is 12.6. The van der Waals surface area contributed by atoms with Gasteiger partial charge in [0.2, 0.25) is 0 Å². The molecule has 0 aliphatic carbocycles. The van der Waals surface area contributed by atoms with Crippen LogP contribution < -0.4 is 10.0 Å². The van der Waals surface area contributed by atoms with Crippen LogP contribution >= 0.6 is 11.8 Å². The van der Waals surface area contributed by atoms with E-state index in [0.29, 0.717) is 16.9 Å². The summed E-state index contributed by atoms with van der Waals surface area (Å²) in [5, 5.41) is 2.82. The van der Waals surface area contributed by atoms with Crippen LogP contribution in [-0.2, 0) is 10.0 Å². The molecule has 0 aromatic heterocycles. The summed E-state index contributed by atoms with van der Waals surface area (Å²) in [4.78, 5) is 13.6. The number of benzene rings is 3. The van der Waals surface area contributed by atoms with Crippen molar-refractivity contribution >= 4 is 39.1 Å². The predicted molar refractivity (Wildman–Crippen MR) is 114 cm³/mol. The number of amides is 1. The second kappa shape index (κ2) is 8.95. The van der Waals surface area contributed by atoms with Crippen LogP contribution in [0.5, 0.6) is 0 Å². The number of nitrogens with one attached hydrogen (secondary N) is 2. The average molecular weight is 413 g/mol. The molecule has 0 bridgehead atoms. The Morgan fingerprint density at radius 1 is 0.857 bits per heavy atom. The van der Waals surface area contributed by atoms with Crippen LogP contribution in [0.15, 0.2) is 88.7 Å². The first-order chi connectivity index (χ1) is 13.5. The van der Waals surface area contributed by atoms with Gasteiger partial charge in [0.25, 0.3) is 15.9 Å². The van der Waals surface area contributed by atoms with Crippen molar-refractivity contribution in [3.8, 4) is 0 Å². The highest BCUT2D eigenvalue weighted by atomic mass is 32.2. The maximum atomic E-state index is 12.6. The van der Waals surface area contributed by atoms with Gasteiger partial charge in [-0.3, -0.25) is 9.52 Å². The van der Waals surface area contributed by atoms with Gasteiger partial charge in [0.1, 0.15) is 0 Å². The van der Waals surface area contributed by atoms with E-state index in [2.05, 4.69) is 10.0 Å². The lowest BCUT2D eigenvalue weighted by Gasteiger charge is -2.11. The quantitative estimate of drug-likeness (QED) is 0.544. The van der Waals surface area contributed by atoms with Crippen molar-refractivity contribution in [1.82, 2.24) is 0 Å². The van der Waals surface area contributed by atoms with E-state index in [1.807, 2.05) is 31.2 Å². The van der Waals surface area contributed by atoms with Gasteiger partial charge in [-0.05, 0) is 54.3 Å². The van der Waals surface area contributed by atoms with E-state index >= 15 is 0 Å². The van der Waals surface area contributed by atoms with Crippen molar-refractivity contribution in [1.29, 1.82) is 0 Å². The second-order valence-electron chi connectivity index (χ2n) is 5.88. The molecule has 1 amide bonds. The number of sulfonamides is 1. The molecule has 0 fully saturated rings. The van der Waals surface area contributed by atoms with Gasteiger partial charge in [-0.2, -0.15) is 0 Å². The molecule has 28 heavy (non-hydrogen) atoms. The maximum Gasteiger partial charge on any atom is 0.261 e. The largest absolute Gasteiger partial charge is 0.322 e. The lowest BCUT2D eigenvalue weighted by Crippen LogP contribution is -2.14. The average Bonchev–Trinajstić information content (AvgIpc) is 2.69. The Morgan fingerprint density at radius 3 is 2.18 bits per heavy atom. The van der Waals surface area contributed by atoms with E-state index in [-0.39, 0.29) is 10.8 Å². The summed E-state index contributed by atoms with van der Waals surface area (Å²) in [6.45, 7) is 2.03. The third-order valence-electron chi connectivity index (χ3n) is 3.88. The molecule has 2 N–H and O–H groups in total. The first kappa shape index (κ1) is 20.0. The topological polar surface area (TPSA) is 75.3 Å². The molecule has 7 heteroatoms. The molecule has 0 saturated carbocycles. The summed E-state index contributed by atoms with van der Waals surface area (Å²) in [6.07, 6.45) is 0. The lowest BCUT2D eigenvalue weighted by molar-refractivity contribution is 0.102. The van der Waals surface area contributed by atoms with Crippen LogP contribution in [-0.4, -0.2) is 20.1 Å². The zero-order chi connectivity index (χ0) is 20.0. The highest BCUT2D eigenvalue weighted by molar-refractivity contribution is 7.99. The van der Waals surface area contributed by atoms with Crippen LogP contribution in [0, 0.1) is 0 Å². The van der Waals surface area contributed by atoms with Crippen LogP contribution in [0.3, 0.4) is 0 Å². The first-order valence-electron chi connectivity index (χ1n) is 8.71. The minimum Gasteiger partial charge on any atom is -0.322 e. The van der Waals surface area contributed by atoms with Gasteiger partial charge >= 0.3 is 0 Å². The molecule has 144 valence electrons. The number of hydrogen-bond donors (Lipinski definition) is 2. The highest BCUT2D eigenvalue weighted by Gasteiger charge is 2.15. The fourth-order valence-electron chi connectivity index (χ4n) is 2.57. The van der Waals surface area contributed by atoms with Gasteiger partial charge in [-0.1, -0.05) is 37.3 Å². The summed E-state index contributed by atoms with van der Waals surface area (Å²) in [7, 11) is -3.69. The molecule has 0 aliphatic heterocycles. The summed E-state index contributed by atoms with van der Waals surface area (Å²) >= 11 is 1.60. The van der Waals surface area contributed by atoms with Gasteiger partial charge in [0, 0.05) is 16.3 Å². The Hall–Kier alpha value is -2.77. The number of rotatable bonds is 7. The van der Waals surface area contributed by atoms with Gasteiger partial charge in [0.15, 0.2) is 0 Å². The third kappa shape index (κ3) is 4.94. The van der Waals surface area contributed by atoms with E-state index in [1.165, 1.54) is 12.1 Å². The molecule has 0 heterocycles. The van der Waals surface area contributed by atoms with Gasteiger partial charge in [-0.15, -0.1) is 11.8 Å². The van der Waals surface area contributed by atoms with Crippen molar-refractivity contribution in [2.45, 2.75) is 16.7 Å². The zero-order valence-electron chi connectivity index (χ0n) is 15.3. The van der Waals surface area contributed by atoms with Crippen LogP contribution in [0.2, 0.25) is 0 Å². The van der Waals surface area contributed by atoms with Crippen molar-refractivity contribution < 1.29 is 13.2 Å². The molecule has 0 saturated heterocycles. The SMILES string of the molecule is CCSc1ccccc1C(=O)Nc1ccc(S(=O)(=O)Nc2ccccc2)cc1. The van der Waals surface area contributed by atoms with Crippen molar-refractivity contribution in [2.24, 2.45) is 0 Å². The monoisotopic (exact) mass is 412 g/mol. The van der Waals surface area contributed by atoms with E-state index in [1.54, 1.807) is 54.2 Å². The molecule has 3 rings (SSSR count). The Bertz CT molecular complexity index is 1050. The van der Waals surface area contributed by atoms with Crippen molar-refractivity contribution in [3.05, 3.63) is 84.4 Å². The third-order valence-corrected chi connectivity index (χ3v) is 6.23. The molecule has 5 nitrogen and oxygen atoms in total. The van der Waals surface area contributed by atoms with E-state index in [0.717, 1.165) is 10.6 Å². The minimum absolute atomic E-state index is 0.122. The Morgan fingerprint density at radius 2 is 1.50 bits per heavy atom. The summed E-state index contributed by atoms with van der Waals surface area (Å²) in [5.74, 6) is 0.639. The summed E-state index contributed by atoms with van der Waals surface area (Å²) in [6, 6.07) is 22.2. The Balaban J connectivity index is 1.73. The van der Waals surface area contributed by atoms with Crippen LogP contribution in [0.25, 0.3) is 0 Å². The number of para-hydroxylation sites is 1. The molecule has 0 atom stereocenters. The molecular formula is C21H20N2O3S2. The molecular weight excluding hydrogens is 392 g/mol. The standard InChI is InChI=1S/C21H20N2O3S2/c1-2-27-20-11-7-6-10-19(20)21(24)22-16-12-14-18(15-13-16)28(25,26)23-17-8-4-3-5-9-17/h3-15,23H,2H2,1H3,(H,22,24). The van der Waals surface area contributed by atoms with Crippen LogP contribution in [0.4, 0.5) is 11.4 Å². The summed E-state index contributed by atoms with van der Waals surface area (Å²) < 4.78 is 27.5. The fourth-order valence-corrected chi connectivity index (χ4v) is 4.43.